The minimum Gasteiger partial charge on any atom is -0.476 e. The number of carbonyl (C=O) groups is 1. The van der Waals surface area contributed by atoms with Crippen LogP contribution in [0, 0.1) is 11.2 Å². The van der Waals surface area contributed by atoms with E-state index in [0.717, 1.165) is 49.7 Å². The molecule has 5 nitrogen and oxygen atoms in total. The predicted molar refractivity (Wildman–Crippen MR) is 146 cm³/mol. The minimum absolute atomic E-state index is 0.148. The molecular formula is C28H36F2O5S2. The van der Waals surface area contributed by atoms with Crippen LogP contribution in [0.2, 0.25) is 0 Å². The van der Waals surface area contributed by atoms with Gasteiger partial charge in [0.15, 0.2) is 0 Å². The molecule has 1 atom stereocenters. The van der Waals surface area contributed by atoms with E-state index in [1.54, 1.807) is 18.4 Å². The highest BCUT2D eigenvalue weighted by Gasteiger charge is 2.43. The summed E-state index contributed by atoms with van der Waals surface area (Å²) < 4.78 is 56.2. The number of fused-ring (bicyclic) bond motifs is 1. The van der Waals surface area contributed by atoms with Gasteiger partial charge in [-0.1, -0.05) is 51.7 Å². The molecule has 2 aromatic rings. The van der Waals surface area contributed by atoms with E-state index in [1.165, 1.54) is 30.0 Å². The summed E-state index contributed by atoms with van der Waals surface area (Å²) in [5, 5.41) is 8.85. The molecule has 0 spiro atoms. The highest BCUT2D eigenvalue weighted by Crippen LogP contribution is 2.63. The van der Waals surface area contributed by atoms with Crippen molar-refractivity contribution in [2.24, 2.45) is 5.41 Å². The zero-order valence-corrected chi connectivity index (χ0v) is 23.1. The number of hydrogen-bond donors (Lipinski definition) is 3. The quantitative estimate of drug-likeness (QED) is 0.146. The first kappa shape index (κ1) is 29.5. The van der Waals surface area contributed by atoms with E-state index >= 15 is 0 Å². The van der Waals surface area contributed by atoms with Crippen LogP contribution in [0.4, 0.5) is 8.78 Å². The van der Waals surface area contributed by atoms with Gasteiger partial charge in [0, 0.05) is 17.7 Å². The predicted octanol–water partition coefficient (Wildman–Crippen LogP) is 8.83. The van der Waals surface area contributed by atoms with Crippen molar-refractivity contribution in [3.8, 4) is 5.75 Å². The van der Waals surface area contributed by atoms with Crippen LogP contribution in [0.25, 0.3) is 0 Å². The average molecular weight is 555 g/mol. The maximum Gasteiger partial charge on any atom is 0.368 e. The van der Waals surface area contributed by atoms with Gasteiger partial charge in [0.05, 0.1) is 9.79 Å². The number of hydrogen-bond acceptors (Lipinski definition) is 5. The van der Waals surface area contributed by atoms with Crippen molar-refractivity contribution >= 4 is 28.3 Å². The molecule has 1 aliphatic heterocycles. The first-order chi connectivity index (χ1) is 17.6. The molecule has 1 aliphatic rings. The largest absolute Gasteiger partial charge is 0.476 e. The fourth-order valence-electron chi connectivity index (χ4n) is 5.21. The van der Waals surface area contributed by atoms with Crippen molar-refractivity contribution in [1.82, 2.24) is 0 Å². The Morgan fingerprint density at radius 3 is 2.32 bits per heavy atom. The van der Waals surface area contributed by atoms with Crippen molar-refractivity contribution in [1.29, 1.82) is 0 Å². The molecule has 1 unspecified atom stereocenters. The van der Waals surface area contributed by atoms with Crippen LogP contribution in [-0.2, 0) is 4.79 Å². The SMILES string of the molecule is CCCCC1(CCCC)CC(c2ccc(F)cc2)c2cc(SC)c(O/C=C(\F)C(=O)O)cc2S(O)(O)C1. The zero-order chi connectivity index (χ0) is 27.2. The first-order valence-corrected chi connectivity index (χ1v) is 15.5. The third-order valence-corrected chi connectivity index (χ3v) is 9.89. The maximum absolute atomic E-state index is 13.8. The van der Waals surface area contributed by atoms with Gasteiger partial charge in [0.2, 0.25) is 5.83 Å². The van der Waals surface area contributed by atoms with Crippen molar-refractivity contribution in [3.63, 3.8) is 0 Å². The van der Waals surface area contributed by atoms with Gasteiger partial charge in [-0.3, -0.25) is 9.11 Å². The van der Waals surface area contributed by atoms with Gasteiger partial charge in [-0.15, -0.1) is 11.8 Å². The summed E-state index contributed by atoms with van der Waals surface area (Å²) in [6, 6.07) is 9.67. The molecule has 0 radical (unpaired) electrons. The molecule has 204 valence electrons. The number of thioether (sulfide) groups is 1. The van der Waals surface area contributed by atoms with E-state index in [-0.39, 0.29) is 28.7 Å². The lowest BCUT2D eigenvalue weighted by Crippen LogP contribution is -2.29. The molecule has 0 aliphatic carbocycles. The van der Waals surface area contributed by atoms with E-state index in [0.29, 0.717) is 22.5 Å². The lowest BCUT2D eigenvalue weighted by atomic mass is 9.70. The minimum atomic E-state index is -3.29. The first-order valence-electron chi connectivity index (χ1n) is 12.5. The Bertz CT molecular complexity index is 1110. The van der Waals surface area contributed by atoms with Crippen molar-refractivity contribution in [2.45, 2.75) is 74.5 Å². The Balaban J connectivity index is 2.23. The highest BCUT2D eigenvalue weighted by atomic mass is 32.3. The van der Waals surface area contributed by atoms with E-state index < -0.39 is 22.4 Å². The second-order valence-corrected chi connectivity index (χ2v) is 12.7. The van der Waals surface area contributed by atoms with Crippen LogP contribution in [0.5, 0.6) is 5.75 Å². The van der Waals surface area contributed by atoms with Crippen LogP contribution in [0.1, 0.15) is 75.8 Å². The molecule has 37 heavy (non-hydrogen) atoms. The van der Waals surface area contributed by atoms with Crippen molar-refractivity contribution in [2.75, 3.05) is 12.0 Å². The van der Waals surface area contributed by atoms with Gasteiger partial charge in [-0.05, 0) is 60.3 Å². The molecule has 9 heteroatoms. The normalized spacial score (nSPS) is 19.5. The van der Waals surface area contributed by atoms with Crippen LogP contribution in [0.3, 0.4) is 0 Å². The molecule has 0 aromatic heterocycles. The summed E-state index contributed by atoms with van der Waals surface area (Å²) in [4.78, 5) is 11.8. The monoisotopic (exact) mass is 554 g/mol. The smallest absolute Gasteiger partial charge is 0.368 e. The number of carboxylic acid groups (broad SMARTS) is 1. The summed E-state index contributed by atoms with van der Waals surface area (Å²) in [5.74, 6) is -3.43. The Morgan fingerprint density at radius 1 is 1.16 bits per heavy atom. The number of aliphatic carboxylic acids is 1. The molecule has 0 amide bonds. The summed E-state index contributed by atoms with van der Waals surface area (Å²) >= 11 is 1.32. The van der Waals surface area contributed by atoms with Gasteiger partial charge in [0.1, 0.15) is 17.8 Å². The maximum atomic E-state index is 13.8. The Labute approximate surface area is 223 Å². The van der Waals surface area contributed by atoms with Crippen molar-refractivity contribution < 1.29 is 32.5 Å². The van der Waals surface area contributed by atoms with Gasteiger partial charge in [-0.25, -0.2) is 9.18 Å². The molecule has 0 saturated heterocycles. The summed E-state index contributed by atoms with van der Waals surface area (Å²) in [6.07, 6.45) is 8.56. The molecule has 0 fully saturated rings. The summed E-state index contributed by atoms with van der Waals surface area (Å²) in [5.41, 5.74) is 1.27. The van der Waals surface area contributed by atoms with E-state index in [1.807, 2.05) is 6.07 Å². The molecular weight excluding hydrogens is 518 g/mol. The topological polar surface area (TPSA) is 87.0 Å². The van der Waals surface area contributed by atoms with E-state index in [4.69, 9.17) is 9.84 Å². The van der Waals surface area contributed by atoms with Gasteiger partial charge < -0.3 is 9.84 Å². The lowest BCUT2D eigenvalue weighted by Gasteiger charge is -2.42. The van der Waals surface area contributed by atoms with Gasteiger partial charge in [-0.2, -0.15) is 15.0 Å². The summed E-state index contributed by atoms with van der Waals surface area (Å²) in [7, 11) is -3.29. The third kappa shape index (κ3) is 7.07. The lowest BCUT2D eigenvalue weighted by molar-refractivity contribution is -0.134. The molecule has 2 aromatic carbocycles. The second kappa shape index (κ2) is 12.7. The molecule has 1 heterocycles. The Morgan fingerprint density at radius 2 is 1.78 bits per heavy atom. The number of ether oxygens (including phenoxy) is 1. The van der Waals surface area contributed by atoms with Crippen LogP contribution in [-0.4, -0.2) is 32.2 Å². The zero-order valence-electron chi connectivity index (χ0n) is 21.5. The number of unbranched alkanes of at least 4 members (excludes halogenated alkanes) is 2. The van der Waals surface area contributed by atoms with E-state index in [2.05, 4.69) is 13.8 Å². The molecule has 0 saturated carbocycles. The van der Waals surface area contributed by atoms with Crippen LogP contribution >= 0.6 is 22.4 Å². The molecule has 3 rings (SSSR count). The number of benzene rings is 2. The molecule has 0 bridgehead atoms. The fraction of sp³-hybridized carbons (Fsp3) is 0.464. The number of carboxylic acids is 1. The third-order valence-electron chi connectivity index (χ3n) is 7.06. The van der Waals surface area contributed by atoms with E-state index in [9.17, 15) is 22.7 Å². The Kier molecular flexibility index (Phi) is 10.1. The van der Waals surface area contributed by atoms with Crippen molar-refractivity contribution in [3.05, 3.63) is 65.4 Å². The summed E-state index contributed by atoms with van der Waals surface area (Å²) in [6.45, 7) is 4.24. The standard InChI is InChI=1S/C28H36F2O5S2/c1-4-6-12-28(13-7-5-2)16-22(19-8-10-20(29)11-9-19)21-14-25(36-3)24(35-17-23(30)27(31)32)15-26(21)37(33,34)18-28/h8-11,14-15,17,22,33-34H,4-7,12-13,16,18H2,1-3H3,(H,31,32)/b23-17-. The number of halogens is 2. The Hall–Kier alpha value is -2.07. The van der Waals surface area contributed by atoms with Crippen LogP contribution < -0.4 is 4.74 Å². The molecule has 3 N–H and O–H groups in total. The number of rotatable bonds is 11. The fourth-order valence-corrected chi connectivity index (χ4v) is 8.05. The van der Waals surface area contributed by atoms with Gasteiger partial charge >= 0.3 is 5.97 Å². The van der Waals surface area contributed by atoms with Crippen LogP contribution in [0.15, 0.2) is 58.3 Å². The second-order valence-electron chi connectivity index (χ2n) is 9.76. The highest BCUT2D eigenvalue weighted by molar-refractivity contribution is 8.24. The average Bonchev–Trinajstić information content (AvgIpc) is 2.96. The van der Waals surface area contributed by atoms with Gasteiger partial charge in [0.25, 0.3) is 0 Å².